The topological polar surface area (TPSA) is 307 Å². The van der Waals surface area contributed by atoms with Crippen LogP contribution in [-0.2, 0) is 33.2 Å². The SMILES string of the molecule is CCCCCCCCCCCCC/C=C/C(O)C(COC1O[C@H](COC2O[C@H](CO)[C@H](OC3O[C@H](CO)[C@H](O)[C@H](O)[C@H]3O)[C@H](O)[C@H]2O)[C@@H](O)[C@H](O)[C@H]1O)NC(=O)CCCCCCCCCCCCCCCCCCCCCCCCC. The van der Waals surface area contributed by atoms with Crippen LogP contribution >= 0.6 is 0 Å². The molecule has 12 N–H and O–H groups in total. The van der Waals surface area contributed by atoms with Gasteiger partial charge in [0.2, 0.25) is 5.91 Å². The van der Waals surface area contributed by atoms with Crippen molar-refractivity contribution in [2.45, 2.75) is 349 Å². The van der Waals surface area contributed by atoms with Crippen LogP contribution in [0.5, 0.6) is 0 Å². The number of aliphatic hydroxyl groups is 11. The summed E-state index contributed by atoms with van der Waals surface area (Å²) in [6, 6.07) is -0.967. The van der Waals surface area contributed by atoms with E-state index in [1.54, 1.807) is 6.08 Å². The molecule has 3 saturated heterocycles. The molecule has 3 heterocycles. The standard InChI is InChI=1S/C62H117NO18/c1-3-5-7-9-11-13-15-17-18-19-20-21-22-23-24-25-26-28-30-32-34-36-38-40-50(67)63-45(46(66)39-37-35-33-31-29-27-16-14-12-10-8-6-4-2)43-76-60-56(73)54(71)52(69)49(80-60)44-77-61-58(75)55(72)59(48(42-65)79-61)81-62-57(74)53(70)51(68)47(41-64)78-62/h37,39,45-49,51-62,64-66,68-75H,3-36,38,40-44H2,1-2H3,(H,63,67)/b39-37+/t45?,46?,47-,48-,49-,51+,52-,53+,54+,55-,56-,57-,58-,59+,60?,61?,62?/m1/s1. The number of aliphatic hydroxyl groups excluding tert-OH is 11. The van der Waals surface area contributed by atoms with Crippen LogP contribution in [0.2, 0.25) is 0 Å². The van der Waals surface area contributed by atoms with Crippen molar-refractivity contribution in [3.8, 4) is 0 Å². The van der Waals surface area contributed by atoms with E-state index in [2.05, 4.69) is 19.2 Å². The summed E-state index contributed by atoms with van der Waals surface area (Å²) < 4.78 is 34.1. The van der Waals surface area contributed by atoms with Crippen molar-refractivity contribution < 1.29 is 89.4 Å². The summed E-state index contributed by atoms with van der Waals surface area (Å²) in [5.41, 5.74) is 0. The minimum Gasteiger partial charge on any atom is -0.394 e. The number of carbonyl (C=O) groups excluding carboxylic acids is 1. The van der Waals surface area contributed by atoms with E-state index in [0.29, 0.717) is 6.42 Å². The summed E-state index contributed by atoms with van der Waals surface area (Å²) in [6.07, 6.45) is 21.0. The molecule has 0 aromatic rings. The number of rotatable bonds is 49. The first-order chi connectivity index (χ1) is 39.3. The molecular formula is C62H117NO18. The van der Waals surface area contributed by atoms with Crippen LogP contribution < -0.4 is 5.32 Å². The van der Waals surface area contributed by atoms with Crippen LogP contribution in [0, 0.1) is 0 Å². The average Bonchev–Trinajstić information content (AvgIpc) is 3.56. The second-order valence-electron chi connectivity index (χ2n) is 23.6. The number of nitrogens with one attached hydrogen (secondary N) is 1. The Bertz CT molecular complexity index is 1530. The molecule has 3 aliphatic rings. The largest absolute Gasteiger partial charge is 0.394 e. The van der Waals surface area contributed by atoms with Crippen molar-refractivity contribution in [3.63, 3.8) is 0 Å². The van der Waals surface area contributed by atoms with Gasteiger partial charge < -0.3 is 89.9 Å². The Kier molecular flexibility index (Phi) is 41.7. The Morgan fingerprint density at radius 3 is 1.27 bits per heavy atom. The number of allylic oxidation sites excluding steroid dienone is 1. The lowest BCUT2D eigenvalue weighted by Gasteiger charge is -2.46. The minimum absolute atomic E-state index is 0.249. The molecule has 81 heavy (non-hydrogen) atoms. The fraction of sp³-hybridized carbons (Fsp3) is 0.952. The van der Waals surface area contributed by atoms with Crippen LogP contribution in [0.1, 0.15) is 245 Å². The molecule has 3 rings (SSSR count). The van der Waals surface area contributed by atoms with Gasteiger partial charge in [0.05, 0.1) is 38.6 Å². The van der Waals surface area contributed by atoms with Gasteiger partial charge >= 0.3 is 0 Å². The first-order valence-electron chi connectivity index (χ1n) is 32.4. The summed E-state index contributed by atoms with van der Waals surface area (Å²) >= 11 is 0. The molecule has 5 unspecified atom stereocenters. The van der Waals surface area contributed by atoms with Crippen molar-refractivity contribution in [1.82, 2.24) is 5.32 Å². The monoisotopic (exact) mass is 1160 g/mol. The predicted octanol–water partition coefficient (Wildman–Crippen LogP) is 6.94. The highest BCUT2D eigenvalue weighted by Crippen LogP contribution is 2.31. The molecule has 19 nitrogen and oxygen atoms in total. The molecule has 0 aliphatic carbocycles. The van der Waals surface area contributed by atoms with Crippen LogP contribution in [0.15, 0.2) is 12.2 Å². The third kappa shape index (κ3) is 29.7. The van der Waals surface area contributed by atoms with E-state index in [-0.39, 0.29) is 18.9 Å². The van der Waals surface area contributed by atoms with Gasteiger partial charge in [-0.05, 0) is 19.3 Å². The van der Waals surface area contributed by atoms with Gasteiger partial charge in [-0.3, -0.25) is 4.79 Å². The van der Waals surface area contributed by atoms with Gasteiger partial charge in [-0.1, -0.05) is 231 Å². The summed E-state index contributed by atoms with van der Waals surface area (Å²) in [5.74, 6) is -0.271. The highest BCUT2D eigenvalue weighted by molar-refractivity contribution is 5.76. The molecule has 0 spiro atoms. The van der Waals surface area contributed by atoms with Gasteiger partial charge in [0.15, 0.2) is 18.9 Å². The van der Waals surface area contributed by atoms with Gasteiger partial charge in [-0.15, -0.1) is 0 Å². The molecular weight excluding hydrogens is 1050 g/mol. The van der Waals surface area contributed by atoms with E-state index in [4.69, 9.17) is 28.4 Å². The number of unbranched alkanes of at least 4 members (excludes halogenated alkanes) is 33. The van der Waals surface area contributed by atoms with Gasteiger partial charge in [0, 0.05) is 6.42 Å². The van der Waals surface area contributed by atoms with Gasteiger partial charge in [0.25, 0.3) is 0 Å². The van der Waals surface area contributed by atoms with E-state index < -0.39 is 124 Å². The fourth-order valence-electron chi connectivity index (χ4n) is 11.1. The molecule has 3 fully saturated rings. The second-order valence-corrected chi connectivity index (χ2v) is 23.6. The number of hydrogen-bond acceptors (Lipinski definition) is 18. The Morgan fingerprint density at radius 1 is 0.444 bits per heavy atom. The number of ether oxygens (including phenoxy) is 6. The first kappa shape index (κ1) is 73.8. The zero-order chi connectivity index (χ0) is 59.0. The van der Waals surface area contributed by atoms with E-state index >= 15 is 0 Å². The normalized spacial score (nSPS) is 29.8. The third-order valence-electron chi connectivity index (χ3n) is 16.6. The van der Waals surface area contributed by atoms with E-state index in [1.807, 2.05) is 6.08 Å². The maximum Gasteiger partial charge on any atom is 0.220 e. The molecule has 0 aromatic carbocycles. The predicted molar refractivity (Wildman–Crippen MR) is 310 cm³/mol. The first-order valence-corrected chi connectivity index (χ1v) is 32.4. The van der Waals surface area contributed by atoms with Crippen molar-refractivity contribution in [1.29, 1.82) is 0 Å². The van der Waals surface area contributed by atoms with Crippen molar-refractivity contribution in [2.75, 3.05) is 26.4 Å². The van der Waals surface area contributed by atoms with Gasteiger partial charge in [0.1, 0.15) is 73.2 Å². The summed E-state index contributed by atoms with van der Waals surface area (Å²) in [6.45, 7) is 1.98. The van der Waals surface area contributed by atoms with Crippen LogP contribution in [0.25, 0.3) is 0 Å². The lowest BCUT2D eigenvalue weighted by Crippen LogP contribution is -2.65. The smallest absolute Gasteiger partial charge is 0.220 e. The van der Waals surface area contributed by atoms with Crippen molar-refractivity contribution in [2.24, 2.45) is 0 Å². The van der Waals surface area contributed by atoms with Crippen LogP contribution in [0.4, 0.5) is 0 Å². The molecule has 17 atom stereocenters. The molecule has 478 valence electrons. The molecule has 0 radical (unpaired) electrons. The summed E-state index contributed by atoms with van der Waals surface area (Å²) in [7, 11) is 0. The zero-order valence-electron chi connectivity index (χ0n) is 50.0. The molecule has 0 aromatic heterocycles. The number of amides is 1. The van der Waals surface area contributed by atoms with Gasteiger partial charge in [-0.25, -0.2) is 0 Å². The Morgan fingerprint density at radius 2 is 0.815 bits per heavy atom. The van der Waals surface area contributed by atoms with Crippen molar-refractivity contribution >= 4 is 5.91 Å². The zero-order valence-corrected chi connectivity index (χ0v) is 50.0. The molecule has 1 amide bonds. The molecule has 0 saturated carbocycles. The third-order valence-corrected chi connectivity index (χ3v) is 16.6. The number of carbonyl (C=O) groups is 1. The Labute approximate surface area is 486 Å². The Balaban J connectivity index is 1.44. The Hall–Kier alpha value is -1.47. The molecule has 3 aliphatic heterocycles. The quantitative estimate of drug-likeness (QED) is 0.0217. The highest BCUT2D eigenvalue weighted by atomic mass is 16.8. The van der Waals surface area contributed by atoms with Crippen LogP contribution in [-0.4, -0.2) is 193 Å². The summed E-state index contributed by atoms with van der Waals surface area (Å²) in [4.78, 5) is 13.3. The lowest BCUT2D eigenvalue weighted by atomic mass is 9.97. The maximum absolute atomic E-state index is 13.3. The van der Waals surface area contributed by atoms with Crippen LogP contribution in [0.3, 0.4) is 0 Å². The lowest BCUT2D eigenvalue weighted by molar-refractivity contribution is -0.364. The summed E-state index contributed by atoms with van der Waals surface area (Å²) in [5, 5.41) is 120. The minimum atomic E-state index is -1.89. The highest BCUT2D eigenvalue weighted by Gasteiger charge is 2.52. The average molecular weight is 1160 g/mol. The van der Waals surface area contributed by atoms with E-state index in [0.717, 1.165) is 44.9 Å². The maximum atomic E-state index is 13.3. The van der Waals surface area contributed by atoms with Gasteiger partial charge in [-0.2, -0.15) is 0 Å². The molecule has 0 bridgehead atoms. The molecule has 19 heteroatoms. The number of hydrogen-bond donors (Lipinski definition) is 12. The van der Waals surface area contributed by atoms with Crippen molar-refractivity contribution in [3.05, 3.63) is 12.2 Å². The second kappa shape index (κ2) is 45.8. The fourth-order valence-corrected chi connectivity index (χ4v) is 11.1. The van der Waals surface area contributed by atoms with E-state index in [1.165, 1.54) is 173 Å². The van der Waals surface area contributed by atoms with E-state index in [9.17, 15) is 61.0 Å².